The van der Waals surface area contributed by atoms with Gasteiger partial charge >= 0.3 is 5.97 Å². The van der Waals surface area contributed by atoms with Gasteiger partial charge in [-0.3, -0.25) is 9.78 Å². The van der Waals surface area contributed by atoms with Crippen molar-refractivity contribution in [3.8, 4) is 0 Å². The van der Waals surface area contributed by atoms with Crippen LogP contribution in [0.2, 0.25) is 0 Å². The van der Waals surface area contributed by atoms with Gasteiger partial charge in [0.2, 0.25) is 0 Å². The average Bonchev–Trinajstić information content (AvgIpc) is 3.62. The molecule has 4 aromatic rings. The van der Waals surface area contributed by atoms with Crippen molar-refractivity contribution in [3.63, 3.8) is 0 Å². The average molecular weight is 441 g/mol. The van der Waals surface area contributed by atoms with Crippen molar-refractivity contribution in [3.05, 3.63) is 96.5 Å². The molecule has 8 heteroatoms. The molecule has 33 heavy (non-hydrogen) atoms. The Morgan fingerprint density at radius 1 is 1.06 bits per heavy atom. The Balaban J connectivity index is 1.27. The van der Waals surface area contributed by atoms with Crippen LogP contribution in [0.5, 0.6) is 0 Å². The van der Waals surface area contributed by atoms with Crippen LogP contribution in [0.15, 0.2) is 93.3 Å². The molecule has 1 atom stereocenters. The standard InChI is InChI=1S/C25H19N3O5/c29-23(16-33-24(30)11-10-18-6-1-5-17-7-2-12-26-25(17)18)28-20(22-9-4-14-32-22)15-19(27-28)21-8-3-13-31-21/h1-14,20H,15-16H2/b11-10+. The minimum Gasteiger partial charge on any atom is -0.467 e. The molecular formula is C25H19N3O5. The fourth-order valence-electron chi connectivity index (χ4n) is 3.70. The third-order valence-electron chi connectivity index (χ3n) is 5.24. The molecule has 0 saturated carbocycles. The monoisotopic (exact) mass is 441 g/mol. The number of benzene rings is 1. The second-order valence-electron chi connectivity index (χ2n) is 7.36. The number of carbonyl (C=O) groups is 2. The van der Waals surface area contributed by atoms with E-state index < -0.39 is 24.5 Å². The van der Waals surface area contributed by atoms with Crippen LogP contribution in [0.3, 0.4) is 0 Å². The highest BCUT2D eigenvalue weighted by Crippen LogP contribution is 2.33. The first-order valence-corrected chi connectivity index (χ1v) is 10.3. The van der Waals surface area contributed by atoms with E-state index >= 15 is 0 Å². The number of esters is 1. The highest BCUT2D eigenvalue weighted by atomic mass is 16.5. The normalized spacial score (nSPS) is 15.8. The number of furan rings is 2. The summed E-state index contributed by atoms with van der Waals surface area (Å²) in [6.45, 7) is -0.455. The maximum Gasteiger partial charge on any atom is 0.331 e. The van der Waals surface area contributed by atoms with E-state index in [0.29, 0.717) is 23.7 Å². The van der Waals surface area contributed by atoms with Crippen molar-refractivity contribution >= 4 is 34.6 Å². The van der Waals surface area contributed by atoms with Crippen molar-refractivity contribution in [1.82, 2.24) is 9.99 Å². The number of rotatable bonds is 6. The van der Waals surface area contributed by atoms with E-state index in [0.717, 1.165) is 16.5 Å². The lowest BCUT2D eigenvalue weighted by Crippen LogP contribution is -2.31. The lowest BCUT2D eigenvalue weighted by atomic mass is 10.1. The number of hydrogen-bond donors (Lipinski definition) is 0. The molecule has 1 aromatic carbocycles. The predicted molar refractivity (Wildman–Crippen MR) is 120 cm³/mol. The molecule has 0 bridgehead atoms. The smallest absolute Gasteiger partial charge is 0.331 e. The Labute approximate surface area is 188 Å². The Hall–Kier alpha value is -4.46. The Kier molecular flexibility index (Phi) is 5.55. The highest BCUT2D eigenvalue weighted by molar-refractivity contribution is 6.01. The number of ether oxygens (including phenoxy) is 1. The van der Waals surface area contributed by atoms with Gasteiger partial charge in [0.1, 0.15) is 23.3 Å². The topological polar surface area (TPSA) is 98.1 Å². The largest absolute Gasteiger partial charge is 0.467 e. The van der Waals surface area contributed by atoms with Crippen LogP contribution in [0.4, 0.5) is 0 Å². The van der Waals surface area contributed by atoms with E-state index in [9.17, 15) is 9.59 Å². The van der Waals surface area contributed by atoms with Gasteiger partial charge < -0.3 is 13.6 Å². The van der Waals surface area contributed by atoms with Gasteiger partial charge in [0, 0.05) is 29.6 Å². The van der Waals surface area contributed by atoms with Crippen molar-refractivity contribution < 1.29 is 23.2 Å². The maximum atomic E-state index is 12.9. The molecule has 0 fully saturated rings. The lowest BCUT2D eigenvalue weighted by Gasteiger charge is -2.19. The van der Waals surface area contributed by atoms with E-state index in [1.165, 1.54) is 17.3 Å². The SMILES string of the molecule is O=C(/C=C/c1cccc2cccnc12)OCC(=O)N1N=C(c2ccco2)CC1c1ccco1. The molecule has 0 spiro atoms. The second kappa shape index (κ2) is 8.96. The highest BCUT2D eigenvalue weighted by Gasteiger charge is 2.36. The number of carbonyl (C=O) groups excluding carboxylic acids is 2. The van der Waals surface area contributed by atoms with Gasteiger partial charge in [0.15, 0.2) is 6.61 Å². The first kappa shape index (κ1) is 20.4. The molecule has 5 rings (SSSR count). The zero-order valence-corrected chi connectivity index (χ0v) is 17.5. The van der Waals surface area contributed by atoms with Crippen LogP contribution in [-0.2, 0) is 14.3 Å². The zero-order chi connectivity index (χ0) is 22.6. The summed E-state index contributed by atoms with van der Waals surface area (Å²) in [4.78, 5) is 29.5. The Morgan fingerprint density at radius 2 is 1.91 bits per heavy atom. The van der Waals surface area contributed by atoms with Crippen LogP contribution in [0.25, 0.3) is 17.0 Å². The number of pyridine rings is 1. The maximum absolute atomic E-state index is 12.9. The third kappa shape index (κ3) is 4.31. The summed E-state index contributed by atoms with van der Waals surface area (Å²) >= 11 is 0. The lowest BCUT2D eigenvalue weighted by molar-refractivity contribution is -0.149. The number of fused-ring (bicyclic) bond motifs is 1. The molecule has 1 aliphatic heterocycles. The zero-order valence-electron chi connectivity index (χ0n) is 17.5. The first-order valence-electron chi connectivity index (χ1n) is 10.3. The number of nitrogens with zero attached hydrogens (tertiary/aromatic N) is 3. The van der Waals surface area contributed by atoms with Crippen LogP contribution < -0.4 is 0 Å². The van der Waals surface area contributed by atoms with Gasteiger partial charge in [-0.25, -0.2) is 9.80 Å². The van der Waals surface area contributed by atoms with Gasteiger partial charge in [-0.05, 0) is 36.4 Å². The van der Waals surface area contributed by atoms with Crippen LogP contribution >= 0.6 is 0 Å². The van der Waals surface area contributed by atoms with Gasteiger partial charge in [0.25, 0.3) is 5.91 Å². The van der Waals surface area contributed by atoms with Gasteiger partial charge in [-0.2, -0.15) is 5.10 Å². The number of hydrazone groups is 1. The molecule has 3 aromatic heterocycles. The van der Waals surface area contributed by atoms with Gasteiger partial charge in [0.05, 0.1) is 18.0 Å². The Bertz CT molecular complexity index is 1330. The predicted octanol–water partition coefficient (Wildman–Crippen LogP) is 4.36. The summed E-state index contributed by atoms with van der Waals surface area (Å²) in [6.07, 6.45) is 8.10. The van der Waals surface area contributed by atoms with E-state index in [-0.39, 0.29) is 0 Å². The van der Waals surface area contributed by atoms with Crippen molar-refractivity contribution in [2.75, 3.05) is 6.61 Å². The number of para-hydroxylation sites is 1. The number of amides is 1. The molecule has 0 radical (unpaired) electrons. The summed E-state index contributed by atoms with van der Waals surface area (Å²) in [5.74, 6) is 0.0561. The summed E-state index contributed by atoms with van der Waals surface area (Å²) in [5, 5.41) is 6.65. The van der Waals surface area contributed by atoms with Crippen molar-refractivity contribution in [2.24, 2.45) is 5.10 Å². The van der Waals surface area contributed by atoms with Crippen molar-refractivity contribution in [1.29, 1.82) is 0 Å². The molecule has 0 aliphatic carbocycles. The quantitative estimate of drug-likeness (QED) is 0.326. The Morgan fingerprint density at radius 3 is 2.73 bits per heavy atom. The van der Waals surface area contributed by atoms with Gasteiger partial charge in [-0.1, -0.05) is 24.3 Å². The van der Waals surface area contributed by atoms with E-state index in [2.05, 4.69) is 10.1 Å². The molecule has 0 N–H and O–H groups in total. The molecular weight excluding hydrogens is 422 g/mol. The third-order valence-corrected chi connectivity index (χ3v) is 5.24. The molecule has 0 saturated heterocycles. The first-order chi connectivity index (χ1) is 16.2. The van der Waals surface area contributed by atoms with Crippen LogP contribution in [0.1, 0.15) is 29.5 Å². The fourth-order valence-corrected chi connectivity index (χ4v) is 3.70. The minimum absolute atomic E-state index is 0.425. The summed E-state index contributed by atoms with van der Waals surface area (Å²) < 4.78 is 16.1. The van der Waals surface area contributed by atoms with Crippen LogP contribution in [0, 0.1) is 0 Å². The molecule has 1 amide bonds. The number of aromatic nitrogens is 1. The number of hydrogen-bond acceptors (Lipinski definition) is 7. The fraction of sp³-hybridized carbons (Fsp3) is 0.120. The summed E-state index contributed by atoms with van der Waals surface area (Å²) in [5.41, 5.74) is 2.17. The van der Waals surface area contributed by atoms with Crippen LogP contribution in [-0.4, -0.2) is 34.2 Å². The van der Waals surface area contributed by atoms with E-state index in [4.69, 9.17) is 13.6 Å². The van der Waals surface area contributed by atoms with E-state index in [1.54, 1.807) is 42.8 Å². The minimum atomic E-state index is -0.639. The second-order valence-corrected chi connectivity index (χ2v) is 7.36. The molecule has 1 unspecified atom stereocenters. The molecule has 4 heterocycles. The summed E-state index contributed by atoms with van der Waals surface area (Å²) in [7, 11) is 0. The molecule has 164 valence electrons. The van der Waals surface area contributed by atoms with Gasteiger partial charge in [-0.15, -0.1) is 0 Å². The molecule has 8 nitrogen and oxygen atoms in total. The van der Waals surface area contributed by atoms with Crippen molar-refractivity contribution in [2.45, 2.75) is 12.5 Å². The summed E-state index contributed by atoms with van der Waals surface area (Å²) in [6, 6.07) is 16.1. The molecule has 1 aliphatic rings. The van der Waals surface area contributed by atoms with E-state index in [1.807, 2.05) is 30.3 Å².